The van der Waals surface area contributed by atoms with Crippen LogP contribution in [0.2, 0.25) is 0 Å². The van der Waals surface area contributed by atoms with E-state index in [1.807, 2.05) is 25.1 Å². The molecule has 7 nitrogen and oxygen atoms in total. The molecule has 1 aliphatic heterocycles. The van der Waals surface area contributed by atoms with Crippen molar-refractivity contribution in [3.05, 3.63) is 12.3 Å². The number of hydrogen-bond acceptors (Lipinski definition) is 6. The van der Waals surface area contributed by atoms with Crippen molar-refractivity contribution in [1.29, 1.82) is 0 Å². The first-order valence-corrected chi connectivity index (χ1v) is 6.82. The maximum Gasteiger partial charge on any atom is 0.231 e. The molecule has 0 bridgehead atoms. The highest BCUT2D eigenvalue weighted by atomic mass is 16.1. The fourth-order valence-corrected chi connectivity index (χ4v) is 2.31. The van der Waals surface area contributed by atoms with Gasteiger partial charge in [-0.15, -0.1) is 0 Å². The molecule has 7 heteroatoms. The van der Waals surface area contributed by atoms with Crippen LogP contribution in [0.3, 0.4) is 0 Å². The first-order chi connectivity index (χ1) is 9.54. The van der Waals surface area contributed by atoms with Crippen LogP contribution in [0.5, 0.6) is 0 Å². The van der Waals surface area contributed by atoms with Gasteiger partial charge in [0.1, 0.15) is 5.82 Å². The molecule has 2 rings (SSSR count). The molecule has 1 amide bonds. The fraction of sp³-hybridized carbons (Fsp3) is 0.615. The van der Waals surface area contributed by atoms with Crippen LogP contribution in [0.4, 0.5) is 11.8 Å². The third-order valence-corrected chi connectivity index (χ3v) is 3.36. The number of carbonyl (C=O) groups excluding carboxylic acids is 1. The van der Waals surface area contributed by atoms with Crippen LogP contribution >= 0.6 is 0 Å². The molecular weight excluding hydrogens is 256 g/mol. The standard InChI is InChI=1S/C13H22N6O/c1-18(2)13-15-6-3-12(17-13)16-10-4-7-19(8-5-10)9-11(14)20/h3,6,10H,4-5,7-9H2,1-2H3,(H2,14,20)(H,15,16,17). The molecule has 2 heterocycles. The summed E-state index contributed by atoms with van der Waals surface area (Å²) in [5, 5.41) is 3.43. The first kappa shape index (κ1) is 14.5. The topological polar surface area (TPSA) is 87.4 Å². The average Bonchev–Trinajstić information content (AvgIpc) is 2.41. The van der Waals surface area contributed by atoms with Crippen molar-refractivity contribution < 1.29 is 4.79 Å². The number of primary amides is 1. The number of nitrogens with two attached hydrogens (primary N) is 1. The Morgan fingerprint density at radius 3 is 2.80 bits per heavy atom. The van der Waals surface area contributed by atoms with Gasteiger partial charge in [-0.25, -0.2) is 4.98 Å². The van der Waals surface area contributed by atoms with Crippen molar-refractivity contribution in [1.82, 2.24) is 14.9 Å². The molecule has 1 saturated heterocycles. The minimum atomic E-state index is -0.261. The Kier molecular flexibility index (Phi) is 4.73. The zero-order valence-electron chi connectivity index (χ0n) is 12.0. The Balaban J connectivity index is 1.86. The van der Waals surface area contributed by atoms with E-state index in [1.165, 1.54) is 0 Å². The van der Waals surface area contributed by atoms with E-state index in [0.29, 0.717) is 18.5 Å². The normalized spacial score (nSPS) is 16.9. The van der Waals surface area contributed by atoms with Crippen molar-refractivity contribution in [2.75, 3.05) is 43.9 Å². The van der Waals surface area contributed by atoms with Crippen LogP contribution in [0, 0.1) is 0 Å². The van der Waals surface area contributed by atoms with Crippen LogP contribution < -0.4 is 16.0 Å². The molecule has 0 radical (unpaired) electrons. The molecule has 110 valence electrons. The van der Waals surface area contributed by atoms with Crippen molar-refractivity contribution in [3.8, 4) is 0 Å². The summed E-state index contributed by atoms with van der Waals surface area (Å²) >= 11 is 0. The van der Waals surface area contributed by atoms with E-state index in [9.17, 15) is 4.79 Å². The van der Waals surface area contributed by atoms with Gasteiger partial charge >= 0.3 is 0 Å². The number of nitrogens with one attached hydrogen (secondary N) is 1. The van der Waals surface area contributed by atoms with E-state index in [4.69, 9.17) is 5.73 Å². The molecule has 0 atom stereocenters. The van der Waals surface area contributed by atoms with Gasteiger partial charge in [0.05, 0.1) is 6.54 Å². The predicted molar refractivity (Wildman–Crippen MR) is 78.6 cm³/mol. The number of amides is 1. The molecule has 1 aromatic heterocycles. The van der Waals surface area contributed by atoms with E-state index in [-0.39, 0.29) is 5.91 Å². The quantitative estimate of drug-likeness (QED) is 0.782. The summed E-state index contributed by atoms with van der Waals surface area (Å²) in [6.45, 7) is 2.11. The second-order valence-electron chi connectivity index (χ2n) is 5.30. The van der Waals surface area contributed by atoms with Gasteiger partial charge in [0.25, 0.3) is 0 Å². The molecule has 3 N–H and O–H groups in total. The molecule has 1 aromatic rings. The lowest BCUT2D eigenvalue weighted by Gasteiger charge is -2.31. The lowest BCUT2D eigenvalue weighted by atomic mass is 10.1. The number of hydrogen-bond donors (Lipinski definition) is 2. The van der Waals surface area contributed by atoms with Crippen molar-refractivity contribution in [2.45, 2.75) is 18.9 Å². The fourth-order valence-electron chi connectivity index (χ4n) is 2.31. The predicted octanol–water partition coefficient (Wildman–Crippen LogP) is -0.0958. The molecule has 0 spiro atoms. The van der Waals surface area contributed by atoms with Crippen molar-refractivity contribution in [2.24, 2.45) is 5.73 Å². The SMILES string of the molecule is CN(C)c1nccc(NC2CCN(CC(N)=O)CC2)n1. The molecular formula is C13H22N6O. The van der Waals surface area contributed by atoms with E-state index in [1.54, 1.807) is 6.20 Å². The van der Waals surface area contributed by atoms with Gasteiger partial charge in [0, 0.05) is 39.4 Å². The second kappa shape index (κ2) is 6.51. The lowest BCUT2D eigenvalue weighted by Crippen LogP contribution is -2.43. The van der Waals surface area contributed by atoms with Gasteiger partial charge in [0.2, 0.25) is 11.9 Å². The number of likely N-dealkylation sites (tertiary alicyclic amines) is 1. The Bertz CT molecular complexity index is 456. The Morgan fingerprint density at radius 2 is 2.20 bits per heavy atom. The summed E-state index contributed by atoms with van der Waals surface area (Å²) < 4.78 is 0. The summed E-state index contributed by atoms with van der Waals surface area (Å²) in [7, 11) is 3.84. The zero-order valence-corrected chi connectivity index (χ0v) is 12.0. The molecule has 20 heavy (non-hydrogen) atoms. The number of nitrogens with zero attached hydrogens (tertiary/aromatic N) is 4. The number of aromatic nitrogens is 2. The Labute approximate surface area is 119 Å². The molecule has 0 unspecified atom stereocenters. The summed E-state index contributed by atoms with van der Waals surface area (Å²) in [5.74, 6) is 1.28. The van der Waals surface area contributed by atoms with Crippen LogP contribution in [-0.4, -0.2) is 60.5 Å². The monoisotopic (exact) mass is 278 g/mol. The highest BCUT2D eigenvalue weighted by molar-refractivity contribution is 5.75. The third-order valence-electron chi connectivity index (χ3n) is 3.36. The molecule has 0 aliphatic carbocycles. The van der Waals surface area contributed by atoms with Crippen molar-refractivity contribution in [3.63, 3.8) is 0 Å². The number of rotatable bonds is 5. The van der Waals surface area contributed by atoms with E-state index in [2.05, 4.69) is 20.2 Å². The van der Waals surface area contributed by atoms with Gasteiger partial charge < -0.3 is 16.0 Å². The van der Waals surface area contributed by atoms with Crippen LogP contribution in [0.25, 0.3) is 0 Å². The molecule has 0 aromatic carbocycles. The molecule has 1 fully saturated rings. The molecule has 0 saturated carbocycles. The summed E-state index contributed by atoms with van der Waals surface area (Å²) in [6.07, 6.45) is 3.72. The van der Waals surface area contributed by atoms with Gasteiger partial charge in [-0.3, -0.25) is 9.69 Å². The summed E-state index contributed by atoms with van der Waals surface area (Å²) in [6, 6.07) is 2.26. The van der Waals surface area contributed by atoms with E-state index >= 15 is 0 Å². The first-order valence-electron chi connectivity index (χ1n) is 6.82. The average molecular weight is 278 g/mol. The van der Waals surface area contributed by atoms with E-state index < -0.39 is 0 Å². The number of piperidine rings is 1. The highest BCUT2D eigenvalue weighted by Crippen LogP contribution is 2.16. The maximum atomic E-state index is 10.9. The van der Waals surface area contributed by atoms with Gasteiger partial charge in [-0.2, -0.15) is 4.98 Å². The van der Waals surface area contributed by atoms with Gasteiger partial charge in [-0.05, 0) is 18.9 Å². The molecule has 1 aliphatic rings. The zero-order chi connectivity index (χ0) is 14.5. The largest absolute Gasteiger partial charge is 0.369 e. The Hall–Kier alpha value is -1.89. The van der Waals surface area contributed by atoms with Crippen LogP contribution in [0.1, 0.15) is 12.8 Å². The summed E-state index contributed by atoms with van der Waals surface area (Å²) in [5.41, 5.74) is 5.21. The lowest BCUT2D eigenvalue weighted by molar-refractivity contribution is -0.119. The maximum absolute atomic E-state index is 10.9. The number of carbonyl (C=O) groups is 1. The van der Waals surface area contributed by atoms with Gasteiger partial charge in [0.15, 0.2) is 0 Å². The minimum Gasteiger partial charge on any atom is -0.369 e. The van der Waals surface area contributed by atoms with Crippen molar-refractivity contribution >= 4 is 17.7 Å². The second-order valence-corrected chi connectivity index (χ2v) is 5.30. The smallest absolute Gasteiger partial charge is 0.231 e. The minimum absolute atomic E-state index is 0.261. The van der Waals surface area contributed by atoms with Crippen LogP contribution in [0.15, 0.2) is 12.3 Å². The highest BCUT2D eigenvalue weighted by Gasteiger charge is 2.20. The number of anilines is 2. The third kappa shape index (κ3) is 4.06. The van der Waals surface area contributed by atoms with Crippen LogP contribution in [-0.2, 0) is 4.79 Å². The Morgan fingerprint density at radius 1 is 1.50 bits per heavy atom. The van der Waals surface area contributed by atoms with Gasteiger partial charge in [-0.1, -0.05) is 0 Å². The summed E-state index contributed by atoms with van der Waals surface area (Å²) in [4.78, 5) is 23.5. The van der Waals surface area contributed by atoms with E-state index in [0.717, 1.165) is 31.7 Å².